The smallest absolute Gasteiger partial charge is 0.230 e. The maximum atomic E-state index is 13.2. The third kappa shape index (κ3) is 4.73. The lowest BCUT2D eigenvalue weighted by atomic mass is 10.1. The maximum absolute atomic E-state index is 13.2. The lowest BCUT2D eigenvalue weighted by Gasteiger charge is -2.19. The average Bonchev–Trinajstić information content (AvgIpc) is 3.42. The Kier molecular flexibility index (Phi) is 5.97. The first-order valence-electron chi connectivity index (χ1n) is 10.4. The highest BCUT2D eigenvalue weighted by molar-refractivity contribution is 6.00. The van der Waals surface area contributed by atoms with Crippen molar-refractivity contribution in [3.05, 3.63) is 35.9 Å². The quantitative estimate of drug-likeness (QED) is 0.744. The monoisotopic (exact) mass is 427 g/mol. The van der Waals surface area contributed by atoms with E-state index >= 15 is 0 Å². The van der Waals surface area contributed by atoms with Crippen LogP contribution in [0.2, 0.25) is 0 Å². The molecule has 10 heteroatoms. The molecule has 2 aliphatic heterocycles. The number of anilines is 3. The standard InChI is InChI=1S/C21H26FN7O2/c1-27(2)20-24-17(25-21(26-20)28-9-3-4-10-28)12-23-19(31)14-11-18(30)29(13-14)16-7-5-15(22)6-8-16/h5-8,14H,3-4,9-13H2,1-2H3,(H,23,31). The molecule has 0 radical (unpaired) electrons. The van der Waals surface area contributed by atoms with Crippen LogP contribution < -0.4 is 20.0 Å². The van der Waals surface area contributed by atoms with Crippen molar-refractivity contribution in [1.29, 1.82) is 0 Å². The lowest BCUT2D eigenvalue weighted by Crippen LogP contribution is -2.33. The van der Waals surface area contributed by atoms with E-state index in [2.05, 4.69) is 25.2 Å². The van der Waals surface area contributed by atoms with Crippen LogP contribution in [0.3, 0.4) is 0 Å². The fourth-order valence-electron chi connectivity index (χ4n) is 3.80. The van der Waals surface area contributed by atoms with Gasteiger partial charge in [0.25, 0.3) is 0 Å². The number of amides is 2. The Hall–Kier alpha value is -3.30. The number of carbonyl (C=O) groups excluding carboxylic acids is 2. The van der Waals surface area contributed by atoms with E-state index in [0.717, 1.165) is 25.9 Å². The number of rotatable bonds is 6. The summed E-state index contributed by atoms with van der Waals surface area (Å²) in [6.07, 6.45) is 2.33. The second kappa shape index (κ2) is 8.83. The summed E-state index contributed by atoms with van der Waals surface area (Å²) in [5, 5.41) is 2.86. The van der Waals surface area contributed by atoms with Gasteiger partial charge >= 0.3 is 0 Å². The summed E-state index contributed by atoms with van der Waals surface area (Å²) in [5.41, 5.74) is 0.588. The van der Waals surface area contributed by atoms with E-state index in [1.165, 1.54) is 17.0 Å². The molecule has 0 aliphatic carbocycles. The van der Waals surface area contributed by atoms with Crippen LogP contribution in [0.4, 0.5) is 22.0 Å². The zero-order valence-corrected chi connectivity index (χ0v) is 17.7. The number of carbonyl (C=O) groups is 2. The van der Waals surface area contributed by atoms with Gasteiger partial charge in [-0.2, -0.15) is 15.0 Å². The third-order valence-corrected chi connectivity index (χ3v) is 5.50. The Morgan fingerprint density at radius 2 is 1.87 bits per heavy atom. The first kappa shape index (κ1) is 21.0. The van der Waals surface area contributed by atoms with Gasteiger partial charge in [0.2, 0.25) is 23.7 Å². The third-order valence-electron chi connectivity index (χ3n) is 5.50. The van der Waals surface area contributed by atoms with Crippen molar-refractivity contribution in [3.63, 3.8) is 0 Å². The minimum Gasteiger partial charge on any atom is -0.348 e. The van der Waals surface area contributed by atoms with Crippen molar-refractivity contribution >= 4 is 29.4 Å². The molecule has 2 fully saturated rings. The molecular formula is C21H26FN7O2. The Morgan fingerprint density at radius 1 is 1.16 bits per heavy atom. The molecule has 1 aromatic carbocycles. The van der Waals surface area contributed by atoms with Crippen LogP contribution in [0.25, 0.3) is 0 Å². The van der Waals surface area contributed by atoms with Crippen molar-refractivity contribution in [1.82, 2.24) is 20.3 Å². The van der Waals surface area contributed by atoms with E-state index in [1.54, 1.807) is 12.1 Å². The van der Waals surface area contributed by atoms with Gasteiger partial charge in [-0.05, 0) is 37.1 Å². The molecule has 2 saturated heterocycles. The van der Waals surface area contributed by atoms with E-state index in [4.69, 9.17) is 0 Å². The molecule has 3 heterocycles. The number of aromatic nitrogens is 3. The molecule has 164 valence electrons. The SMILES string of the molecule is CN(C)c1nc(CNC(=O)C2CC(=O)N(c3ccc(F)cc3)C2)nc(N2CCCC2)n1. The van der Waals surface area contributed by atoms with Gasteiger partial charge in [0.1, 0.15) is 5.82 Å². The predicted octanol–water partition coefficient (Wildman–Crippen LogP) is 1.35. The van der Waals surface area contributed by atoms with Crippen LogP contribution in [0, 0.1) is 11.7 Å². The molecule has 1 N–H and O–H groups in total. The molecule has 0 spiro atoms. The number of hydrogen-bond donors (Lipinski definition) is 1. The maximum Gasteiger partial charge on any atom is 0.230 e. The topological polar surface area (TPSA) is 94.6 Å². The molecule has 4 rings (SSSR count). The number of benzene rings is 1. The molecule has 2 amide bonds. The second-order valence-corrected chi connectivity index (χ2v) is 8.04. The summed E-state index contributed by atoms with van der Waals surface area (Å²) >= 11 is 0. The van der Waals surface area contributed by atoms with Crippen molar-refractivity contribution in [2.75, 3.05) is 48.4 Å². The lowest BCUT2D eigenvalue weighted by molar-refractivity contribution is -0.126. The van der Waals surface area contributed by atoms with Crippen LogP contribution in [0.5, 0.6) is 0 Å². The van der Waals surface area contributed by atoms with Crippen molar-refractivity contribution in [3.8, 4) is 0 Å². The number of halogens is 1. The van der Waals surface area contributed by atoms with Gasteiger partial charge in [0.15, 0.2) is 5.82 Å². The molecule has 0 saturated carbocycles. The van der Waals surface area contributed by atoms with E-state index in [0.29, 0.717) is 23.4 Å². The first-order chi connectivity index (χ1) is 14.9. The van der Waals surface area contributed by atoms with Crippen LogP contribution in [0.1, 0.15) is 25.1 Å². The summed E-state index contributed by atoms with van der Waals surface area (Å²) in [4.78, 5) is 44.0. The highest BCUT2D eigenvalue weighted by Crippen LogP contribution is 2.25. The summed E-state index contributed by atoms with van der Waals surface area (Å²) in [6, 6.07) is 5.69. The minimum absolute atomic E-state index is 0.113. The van der Waals surface area contributed by atoms with Gasteiger partial charge in [-0.25, -0.2) is 4.39 Å². The number of nitrogens with zero attached hydrogens (tertiary/aromatic N) is 6. The van der Waals surface area contributed by atoms with Gasteiger partial charge < -0.3 is 20.0 Å². The second-order valence-electron chi connectivity index (χ2n) is 8.04. The van der Waals surface area contributed by atoms with Crippen molar-refractivity contribution in [2.24, 2.45) is 5.92 Å². The highest BCUT2D eigenvalue weighted by Gasteiger charge is 2.35. The average molecular weight is 427 g/mol. The van der Waals surface area contributed by atoms with Gasteiger partial charge in [0.05, 0.1) is 12.5 Å². The molecule has 2 aromatic rings. The summed E-state index contributed by atoms with van der Waals surface area (Å²) in [6.45, 7) is 2.23. The normalized spacial score (nSPS) is 18.5. The van der Waals surface area contributed by atoms with E-state index in [9.17, 15) is 14.0 Å². The van der Waals surface area contributed by atoms with Crippen LogP contribution in [0.15, 0.2) is 24.3 Å². The molecule has 1 atom stereocenters. The van der Waals surface area contributed by atoms with Crippen LogP contribution >= 0.6 is 0 Å². The van der Waals surface area contributed by atoms with Crippen LogP contribution in [-0.4, -0.2) is 60.5 Å². The number of hydrogen-bond acceptors (Lipinski definition) is 7. The Balaban J connectivity index is 1.41. The Bertz CT molecular complexity index is 961. The summed E-state index contributed by atoms with van der Waals surface area (Å²) in [7, 11) is 3.72. The zero-order valence-electron chi connectivity index (χ0n) is 17.7. The Labute approximate surface area is 180 Å². The number of nitrogens with one attached hydrogen (secondary N) is 1. The van der Waals surface area contributed by atoms with E-state index in [-0.39, 0.29) is 37.1 Å². The van der Waals surface area contributed by atoms with Crippen molar-refractivity contribution < 1.29 is 14.0 Å². The van der Waals surface area contributed by atoms with Gasteiger partial charge in [-0.1, -0.05) is 0 Å². The first-order valence-corrected chi connectivity index (χ1v) is 10.4. The van der Waals surface area contributed by atoms with Gasteiger partial charge in [0, 0.05) is 45.8 Å². The van der Waals surface area contributed by atoms with Crippen LogP contribution in [-0.2, 0) is 16.1 Å². The predicted molar refractivity (Wildman–Crippen MR) is 114 cm³/mol. The molecule has 0 bridgehead atoms. The molecular weight excluding hydrogens is 401 g/mol. The van der Waals surface area contributed by atoms with Gasteiger partial charge in [-0.15, -0.1) is 0 Å². The fraction of sp³-hybridized carbons (Fsp3) is 0.476. The molecule has 2 aliphatic rings. The van der Waals surface area contributed by atoms with Crippen molar-refractivity contribution in [2.45, 2.75) is 25.8 Å². The minimum atomic E-state index is -0.481. The highest BCUT2D eigenvalue weighted by atomic mass is 19.1. The summed E-state index contributed by atoms with van der Waals surface area (Å²) in [5.74, 6) is 0.413. The zero-order chi connectivity index (χ0) is 22.0. The molecule has 31 heavy (non-hydrogen) atoms. The Morgan fingerprint density at radius 3 is 2.55 bits per heavy atom. The fourth-order valence-corrected chi connectivity index (χ4v) is 3.80. The van der Waals surface area contributed by atoms with E-state index in [1.807, 2.05) is 19.0 Å². The largest absolute Gasteiger partial charge is 0.348 e. The van der Waals surface area contributed by atoms with Gasteiger partial charge in [-0.3, -0.25) is 9.59 Å². The van der Waals surface area contributed by atoms with E-state index < -0.39 is 5.92 Å². The molecule has 1 aromatic heterocycles. The summed E-state index contributed by atoms with van der Waals surface area (Å²) < 4.78 is 13.2. The molecule has 1 unspecified atom stereocenters. The molecule has 9 nitrogen and oxygen atoms in total.